The molecule has 0 N–H and O–H groups in total. The van der Waals surface area contributed by atoms with E-state index in [9.17, 15) is 4.79 Å². The Balaban J connectivity index is 2.43. The highest BCUT2D eigenvalue weighted by Gasteiger charge is 2.28. The molecule has 14 heavy (non-hydrogen) atoms. The summed E-state index contributed by atoms with van der Waals surface area (Å²) in [6, 6.07) is 0. The first-order valence-corrected chi connectivity index (χ1v) is 5.65. The van der Waals surface area contributed by atoms with Gasteiger partial charge >= 0.3 is 0 Å². The summed E-state index contributed by atoms with van der Waals surface area (Å²) < 4.78 is 5.84. The first-order chi connectivity index (χ1) is 6.54. The number of hydrogen-bond acceptors (Lipinski definition) is 2. The first-order valence-electron chi connectivity index (χ1n) is 5.65. The Morgan fingerprint density at radius 3 is 2.21 bits per heavy atom. The molecule has 0 aliphatic heterocycles. The monoisotopic (exact) mass is 198 g/mol. The van der Waals surface area contributed by atoms with Crippen molar-refractivity contribution in [1.82, 2.24) is 0 Å². The van der Waals surface area contributed by atoms with Crippen molar-refractivity contribution in [1.29, 1.82) is 0 Å². The van der Waals surface area contributed by atoms with Crippen LogP contribution in [0.4, 0.5) is 0 Å². The number of hydrogen-bond donors (Lipinski definition) is 0. The SMILES string of the molecule is CC(C)(C)C(C=O)OC1CCCCC1. The van der Waals surface area contributed by atoms with Crippen molar-refractivity contribution in [3.8, 4) is 0 Å². The third-order valence-corrected chi connectivity index (χ3v) is 2.87. The van der Waals surface area contributed by atoms with Gasteiger partial charge in [-0.15, -0.1) is 0 Å². The van der Waals surface area contributed by atoms with Crippen molar-refractivity contribution in [2.24, 2.45) is 5.41 Å². The molecule has 1 rings (SSSR count). The number of carbonyl (C=O) groups is 1. The average Bonchev–Trinajstić information content (AvgIpc) is 2.14. The van der Waals surface area contributed by atoms with Crippen molar-refractivity contribution < 1.29 is 9.53 Å². The lowest BCUT2D eigenvalue weighted by Gasteiger charge is -2.31. The van der Waals surface area contributed by atoms with Gasteiger partial charge in [-0.1, -0.05) is 40.0 Å². The van der Waals surface area contributed by atoms with E-state index in [0.717, 1.165) is 19.1 Å². The molecular formula is C12H22O2. The molecule has 1 aliphatic carbocycles. The second-order valence-corrected chi connectivity index (χ2v) is 5.32. The number of carbonyl (C=O) groups excluding carboxylic acids is 1. The minimum atomic E-state index is -0.245. The van der Waals surface area contributed by atoms with E-state index >= 15 is 0 Å². The van der Waals surface area contributed by atoms with Gasteiger partial charge in [0.05, 0.1) is 6.10 Å². The molecule has 1 unspecified atom stereocenters. The molecule has 0 saturated heterocycles. The van der Waals surface area contributed by atoms with Crippen molar-refractivity contribution in [2.45, 2.75) is 65.1 Å². The topological polar surface area (TPSA) is 26.3 Å². The first kappa shape index (κ1) is 11.7. The summed E-state index contributed by atoms with van der Waals surface area (Å²) in [6.45, 7) is 6.15. The molecule has 0 heterocycles. The van der Waals surface area contributed by atoms with Crippen LogP contribution in [0.15, 0.2) is 0 Å². The zero-order chi connectivity index (χ0) is 10.6. The Bertz CT molecular complexity index is 175. The van der Waals surface area contributed by atoms with Gasteiger partial charge < -0.3 is 9.53 Å². The average molecular weight is 198 g/mol. The third-order valence-electron chi connectivity index (χ3n) is 2.87. The van der Waals surface area contributed by atoms with Gasteiger partial charge in [0.25, 0.3) is 0 Å². The number of ether oxygens (including phenoxy) is 1. The maximum absolute atomic E-state index is 10.9. The Hall–Kier alpha value is -0.370. The highest BCUT2D eigenvalue weighted by Crippen LogP contribution is 2.27. The zero-order valence-electron chi connectivity index (χ0n) is 9.58. The molecule has 0 spiro atoms. The van der Waals surface area contributed by atoms with Gasteiger partial charge in [-0.25, -0.2) is 0 Å². The number of rotatable bonds is 3. The van der Waals surface area contributed by atoms with Gasteiger partial charge in [-0.05, 0) is 18.3 Å². The second kappa shape index (κ2) is 4.92. The van der Waals surface area contributed by atoms with Crippen LogP contribution >= 0.6 is 0 Å². The van der Waals surface area contributed by atoms with Crippen LogP contribution in [-0.2, 0) is 9.53 Å². The van der Waals surface area contributed by atoms with E-state index in [1.54, 1.807) is 0 Å². The largest absolute Gasteiger partial charge is 0.367 e. The predicted octanol–water partition coefficient (Wildman–Crippen LogP) is 2.95. The van der Waals surface area contributed by atoms with Crippen LogP contribution in [0, 0.1) is 5.41 Å². The quantitative estimate of drug-likeness (QED) is 0.652. The molecule has 82 valence electrons. The van der Waals surface area contributed by atoms with Crippen LogP contribution in [-0.4, -0.2) is 18.5 Å². The molecule has 2 nitrogen and oxygen atoms in total. The molecule has 0 aromatic rings. The summed E-state index contributed by atoms with van der Waals surface area (Å²) in [7, 11) is 0. The zero-order valence-corrected chi connectivity index (χ0v) is 9.58. The van der Waals surface area contributed by atoms with Crippen LogP contribution in [0.1, 0.15) is 52.9 Å². The van der Waals surface area contributed by atoms with Crippen LogP contribution in [0.2, 0.25) is 0 Å². The molecule has 1 aliphatic rings. The summed E-state index contributed by atoms with van der Waals surface area (Å²) in [4.78, 5) is 10.9. The normalized spacial score (nSPS) is 21.9. The van der Waals surface area contributed by atoms with E-state index in [1.807, 2.05) is 0 Å². The van der Waals surface area contributed by atoms with Crippen LogP contribution in [0.25, 0.3) is 0 Å². The minimum Gasteiger partial charge on any atom is -0.367 e. The molecule has 0 aromatic heterocycles. The van der Waals surface area contributed by atoms with Crippen LogP contribution < -0.4 is 0 Å². The molecule has 0 radical (unpaired) electrons. The smallest absolute Gasteiger partial charge is 0.149 e. The van der Waals surface area contributed by atoms with Crippen molar-refractivity contribution in [3.05, 3.63) is 0 Å². The Kier molecular flexibility index (Phi) is 4.11. The maximum atomic E-state index is 10.9. The van der Waals surface area contributed by atoms with Gasteiger partial charge in [-0.3, -0.25) is 0 Å². The lowest BCUT2D eigenvalue weighted by molar-refractivity contribution is -0.133. The fourth-order valence-corrected chi connectivity index (χ4v) is 1.85. The Morgan fingerprint density at radius 1 is 1.21 bits per heavy atom. The molecule has 0 bridgehead atoms. The molecule has 1 atom stereocenters. The van der Waals surface area contributed by atoms with Crippen LogP contribution in [0.3, 0.4) is 0 Å². The lowest BCUT2D eigenvalue weighted by atomic mass is 9.89. The Labute approximate surface area is 87.0 Å². The fourth-order valence-electron chi connectivity index (χ4n) is 1.85. The van der Waals surface area contributed by atoms with E-state index in [4.69, 9.17) is 4.74 Å². The molecule has 0 aromatic carbocycles. The lowest BCUT2D eigenvalue weighted by Crippen LogP contribution is -2.35. The minimum absolute atomic E-state index is 0.0702. The van der Waals surface area contributed by atoms with E-state index in [0.29, 0.717) is 6.10 Å². The standard InChI is InChI=1S/C12H22O2/c1-12(2,3)11(9-13)14-10-7-5-4-6-8-10/h9-11H,4-8H2,1-3H3. The van der Waals surface area contributed by atoms with E-state index < -0.39 is 0 Å². The highest BCUT2D eigenvalue weighted by atomic mass is 16.5. The van der Waals surface area contributed by atoms with E-state index in [1.165, 1.54) is 19.3 Å². The van der Waals surface area contributed by atoms with Crippen molar-refractivity contribution in [2.75, 3.05) is 0 Å². The van der Waals surface area contributed by atoms with Gasteiger partial charge in [-0.2, -0.15) is 0 Å². The van der Waals surface area contributed by atoms with Gasteiger partial charge in [0.1, 0.15) is 12.4 Å². The Morgan fingerprint density at radius 2 is 1.79 bits per heavy atom. The summed E-state index contributed by atoms with van der Waals surface area (Å²) in [5, 5.41) is 0. The summed E-state index contributed by atoms with van der Waals surface area (Å²) >= 11 is 0. The molecule has 0 amide bonds. The summed E-state index contributed by atoms with van der Waals surface area (Å²) in [6.07, 6.45) is 7.10. The van der Waals surface area contributed by atoms with E-state index in [-0.39, 0.29) is 11.5 Å². The van der Waals surface area contributed by atoms with Gasteiger partial charge in [0.2, 0.25) is 0 Å². The predicted molar refractivity (Wildman–Crippen MR) is 57.3 cm³/mol. The number of aldehydes is 1. The summed E-state index contributed by atoms with van der Waals surface area (Å²) in [5.41, 5.74) is -0.0702. The molecule has 1 saturated carbocycles. The summed E-state index contributed by atoms with van der Waals surface area (Å²) in [5.74, 6) is 0. The second-order valence-electron chi connectivity index (χ2n) is 5.32. The fraction of sp³-hybridized carbons (Fsp3) is 0.917. The molecule has 1 fully saturated rings. The maximum Gasteiger partial charge on any atom is 0.149 e. The van der Waals surface area contributed by atoms with Crippen LogP contribution in [0.5, 0.6) is 0 Å². The van der Waals surface area contributed by atoms with Gasteiger partial charge in [0, 0.05) is 0 Å². The third kappa shape index (κ3) is 3.41. The van der Waals surface area contributed by atoms with Crippen molar-refractivity contribution >= 4 is 6.29 Å². The van der Waals surface area contributed by atoms with Gasteiger partial charge in [0.15, 0.2) is 0 Å². The molecule has 2 heteroatoms. The van der Waals surface area contributed by atoms with E-state index in [2.05, 4.69) is 20.8 Å². The highest BCUT2D eigenvalue weighted by molar-refractivity contribution is 5.57. The van der Waals surface area contributed by atoms with Crippen molar-refractivity contribution in [3.63, 3.8) is 0 Å². The molecular weight excluding hydrogens is 176 g/mol.